The lowest BCUT2D eigenvalue weighted by Gasteiger charge is -2.25. The van der Waals surface area contributed by atoms with Crippen molar-refractivity contribution in [3.8, 4) is 0 Å². The van der Waals surface area contributed by atoms with E-state index in [2.05, 4.69) is 25.5 Å². The summed E-state index contributed by atoms with van der Waals surface area (Å²) >= 11 is 0. The van der Waals surface area contributed by atoms with Gasteiger partial charge in [0.25, 0.3) is 0 Å². The molecular formula is C10H25N3O5. The maximum Gasteiger partial charge on any atom is 0.0940 e. The van der Waals surface area contributed by atoms with Gasteiger partial charge in [-0.3, -0.25) is 14.6 Å². The summed E-state index contributed by atoms with van der Waals surface area (Å²) in [7, 11) is 0. The topological polar surface area (TPSA) is 106 Å². The van der Waals surface area contributed by atoms with Gasteiger partial charge in [-0.15, -0.1) is 0 Å². The molecule has 8 heteroatoms. The number of nitrogens with one attached hydrogen (secondary N) is 2. The van der Waals surface area contributed by atoms with E-state index < -0.39 is 0 Å². The molecular weight excluding hydrogens is 242 g/mol. The van der Waals surface area contributed by atoms with Gasteiger partial charge in [0.2, 0.25) is 0 Å². The van der Waals surface area contributed by atoms with Gasteiger partial charge in [-0.05, 0) is 0 Å². The van der Waals surface area contributed by atoms with Crippen molar-refractivity contribution >= 4 is 0 Å². The number of hydrogen-bond donors (Lipinski definition) is 5. The second-order valence-electron chi connectivity index (χ2n) is 3.54. The maximum absolute atomic E-state index is 8.56. The van der Waals surface area contributed by atoms with Gasteiger partial charge >= 0.3 is 0 Å². The number of aliphatic hydroxyl groups excluding tert-OH is 3. The fourth-order valence-electron chi connectivity index (χ4n) is 1.29. The van der Waals surface area contributed by atoms with Crippen molar-refractivity contribution in [1.82, 2.24) is 15.9 Å². The van der Waals surface area contributed by atoms with E-state index in [0.717, 1.165) is 32.7 Å². The Morgan fingerprint density at radius 1 is 0.944 bits per heavy atom. The summed E-state index contributed by atoms with van der Waals surface area (Å²) in [6.07, 6.45) is 0. The fraction of sp³-hybridized carbons (Fsp3) is 1.00. The Bertz CT molecular complexity index is 150. The van der Waals surface area contributed by atoms with Gasteiger partial charge in [0.15, 0.2) is 0 Å². The lowest BCUT2D eigenvalue weighted by Crippen LogP contribution is -2.44. The largest absolute Gasteiger partial charge is 0.395 e. The molecule has 1 heterocycles. The lowest BCUT2D eigenvalue weighted by atomic mass is 10.4. The minimum absolute atomic E-state index is 0.0600. The van der Waals surface area contributed by atoms with Crippen LogP contribution in [0.3, 0.4) is 0 Å². The van der Waals surface area contributed by atoms with Crippen LogP contribution in [0, 0.1) is 0 Å². The highest BCUT2D eigenvalue weighted by atomic mass is 16.9. The van der Waals surface area contributed by atoms with Gasteiger partial charge in [-0.2, -0.15) is 0 Å². The van der Waals surface area contributed by atoms with Crippen LogP contribution in [0.5, 0.6) is 0 Å². The van der Waals surface area contributed by atoms with E-state index in [1.165, 1.54) is 0 Å². The van der Waals surface area contributed by atoms with E-state index in [4.69, 9.17) is 15.3 Å². The van der Waals surface area contributed by atoms with Crippen LogP contribution >= 0.6 is 0 Å². The van der Waals surface area contributed by atoms with Crippen molar-refractivity contribution in [2.75, 3.05) is 65.8 Å². The Balaban J connectivity index is 0.000000321. The Kier molecular flexibility index (Phi) is 14.5. The summed E-state index contributed by atoms with van der Waals surface area (Å²) in [5.41, 5.74) is 2.07. The molecule has 0 aromatic rings. The molecule has 0 unspecified atom stereocenters. The van der Waals surface area contributed by atoms with Crippen molar-refractivity contribution in [2.45, 2.75) is 0 Å². The molecule has 0 radical (unpaired) electrons. The average molecular weight is 267 g/mol. The highest BCUT2D eigenvalue weighted by molar-refractivity contribution is 4.66. The molecule has 8 nitrogen and oxygen atoms in total. The van der Waals surface area contributed by atoms with Gasteiger partial charge in [0.1, 0.15) is 0 Å². The number of rotatable bonds is 8. The molecule has 1 fully saturated rings. The first-order chi connectivity index (χ1) is 8.85. The minimum Gasteiger partial charge on any atom is -0.395 e. The summed E-state index contributed by atoms with van der Waals surface area (Å²) < 4.78 is 0. The lowest BCUT2D eigenvalue weighted by molar-refractivity contribution is -0.178. The number of nitrogens with zero attached hydrogens (tertiary/aromatic N) is 1. The molecule has 0 aromatic carbocycles. The minimum atomic E-state index is -0.0600. The van der Waals surface area contributed by atoms with Gasteiger partial charge in [0.05, 0.1) is 33.0 Å². The van der Waals surface area contributed by atoms with E-state index in [9.17, 15) is 0 Å². The smallest absolute Gasteiger partial charge is 0.0940 e. The highest BCUT2D eigenvalue weighted by Crippen LogP contribution is 1.88. The van der Waals surface area contributed by atoms with Crippen LogP contribution < -0.4 is 11.0 Å². The van der Waals surface area contributed by atoms with Crippen LogP contribution in [0.2, 0.25) is 0 Å². The Labute approximate surface area is 107 Å². The summed E-state index contributed by atoms with van der Waals surface area (Å²) in [4.78, 5) is 11.2. The molecule has 1 saturated heterocycles. The zero-order valence-electron chi connectivity index (χ0n) is 10.7. The standard InChI is InChI=1S/C6H14N2O.C4H11NO4/c9-6-5-8-3-1-7-2-4-8;6-1-3-8-5-9-4-2-7/h7,9H,1-6H2;5-7H,1-4H2. The summed E-state index contributed by atoms with van der Waals surface area (Å²) in [6, 6.07) is 0. The highest BCUT2D eigenvalue weighted by Gasteiger charge is 2.06. The Morgan fingerprint density at radius 2 is 1.50 bits per heavy atom. The third-order valence-corrected chi connectivity index (χ3v) is 2.13. The quantitative estimate of drug-likeness (QED) is 0.239. The first kappa shape index (κ1) is 17.7. The van der Waals surface area contributed by atoms with Crippen LogP contribution in [-0.4, -0.2) is 86.0 Å². The second kappa shape index (κ2) is 14.7. The van der Waals surface area contributed by atoms with E-state index in [-0.39, 0.29) is 26.4 Å². The molecule has 5 N–H and O–H groups in total. The van der Waals surface area contributed by atoms with Gasteiger partial charge in [0, 0.05) is 32.7 Å². The van der Waals surface area contributed by atoms with Crippen molar-refractivity contribution in [3.63, 3.8) is 0 Å². The van der Waals surface area contributed by atoms with E-state index >= 15 is 0 Å². The molecule has 0 aromatic heterocycles. The molecule has 0 atom stereocenters. The molecule has 110 valence electrons. The number of hydrogen-bond acceptors (Lipinski definition) is 8. The van der Waals surface area contributed by atoms with Crippen LogP contribution in [-0.2, 0) is 9.68 Å². The van der Waals surface area contributed by atoms with Gasteiger partial charge in [-0.25, -0.2) is 0 Å². The molecule has 0 spiro atoms. The van der Waals surface area contributed by atoms with E-state index in [1.807, 2.05) is 0 Å². The summed E-state index contributed by atoms with van der Waals surface area (Å²) in [5, 5.41) is 28.1. The summed E-state index contributed by atoms with van der Waals surface area (Å²) in [6.45, 7) is 5.66. The van der Waals surface area contributed by atoms with Crippen molar-refractivity contribution in [2.24, 2.45) is 0 Å². The molecule has 0 aliphatic carbocycles. The number of aliphatic hydroxyl groups is 3. The molecule has 0 saturated carbocycles. The molecule has 18 heavy (non-hydrogen) atoms. The van der Waals surface area contributed by atoms with Gasteiger partial charge in [-0.1, -0.05) is 5.64 Å². The number of piperazine rings is 1. The monoisotopic (exact) mass is 267 g/mol. The molecule has 1 aliphatic heterocycles. The Hall–Kier alpha value is -0.320. The first-order valence-corrected chi connectivity index (χ1v) is 6.09. The average Bonchev–Trinajstić information content (AvgIpc) is 2.41. The van der Waals surface area contributed by atoms with Crippen molar-refractivity contribution in [1.29, 1.82) is 0 Å². The fourth-order valence-corrected chi connectivity index (χ4v) is 1.29. The molecule has 1 rings (SSSR count). The second-order valence-corrected chi connectivity index (χ2v) is 3.54. The SMILES string of the molecule is OCCN1CCNCC1.OCCONOCCO. The van der Waals surface area contributed by atoms with E-state index in [0.29, 0.717) is 6.61 Å². The first-order valence-electron chi connectivity index (χ1n) is 6.09. The van der Waals surface area contributed by atoms with Crippen LogP contribution in [0.1, 0.15) is 0 Å². The molecule has 0 amide bonds. The molecule has 1 aliphatic rings. The zero-order chi connectivity index (χ0) is 13.5. The van der Waals surface area contributed by atoms with Crippen molar-refractivity contribution < 1.29 is 25.0 Å². The number of β-amino-alcohol motifs (C(OH)–C–C–N with tert-alkyl or cyclic N) is 1. The van der Waals surface area contributed by atoms with Crippen molar-refractivity contribution in [3.05, 3.63) is 0 Å². The van der Waals surface area contributed by atoms with Crippen LogP contribution in [0.15, 0.2) is 0 Å². The molecule has 0 bridgehead atoms. The van der Waals surface area contributed by atoms with Crippen LogP contribution in [0.25, 0.3) is 0 Å². The summed E-state index contributed by atoms with van der Waals surface area (Å²) in [5.74, 6) is 0. The maximum atomic E-state index is 8.56. The predicted octanol–water partition coefficient (Wildman–Crippen LogP) is -2.69. The normalized spacial score (nSPS) is 16.2. The van der Waals surface area contributed by atoms with Crippen LogP contribution in [0.4, 0.5) is 0 Å². The Morgan fingerprint density at radius 3 is 1.94 bits per heavy atom. The van der Waals surface area contributed by atoms with Gasteiger partial charge < -0.3 is 20.6 Å². The zero-order valence-corrected chi connectivity index (χ0v) is 10.7. The third-order valence-electron chi connectivity index (χ3n) is 2.13. The third kappa shape index (κ3) is 12.1. The van der Waals surface area contributed by atoms with E-state index in [1.54, 1.807) is 0 Å². The predicted molar refractivity (Wildman–Crippen MR) is 65.6 cm³/mol.